The molecule has 1 aromatic carbocycles. The number of aromatic amines is 1. The highest BCUT2D eigenvalue weighted by Crippen LogP contribution is 2.17. The van der Waals surface area contributed by atoms with Gasteiger partial charge in [-0.15, -0.1) is 0 Å². The third kappa shape index (κ3) is 4.44. The Bertz CT molecular complexity index is 597. The molecule has 20 heavy (non-hydrogen) atoms. The fourth-order valence-corrected chi connectivity index (χ4v) is 1.90. The van der Waals surface area contributed by atoms with Gasteiger partial charge in [-0.05, 0) is 24.6 Å². The number of unbranched alkanes of at least 4 members (excludes halogenated alkanes) is 3. The van der Waals surface area contributed by atoms with Crippen molar-refractivity contribution in [3.05, 3.63) is 48.2 Å². The summed E-state index contributed by atoms with van der Waals surface area (Å²) in [5, 5.41) is 7.31. The zero-order valence-corrected chi connectivity index (χ0v) is 11.9. The van der Waals surface area contributed by atoms with Crippen molar-refractivity contribution in [2.45, 2.75) is 32.6 Å². The predicted molar refractivity (Wildman–Crippen MR) is 85.0 cm³/mol. The highest BCUT2D eigenvalue weighted by atomic mass is 15.1. The Kier molecular flexibility index (Phi) is 5.67. The molecule has 1 heterocycles. The smallest absolute Gasteiger partial charge is 0.0926 e. The number of hydrogen-bond donors (Lipinski definition) is 1. The van der Waals surface area contributed by atoms with Crippen molar-refractivity contribution in [3.63, 3.8) is 0 Å². The summed E-state index contributed by atoms with van der Waals surface area (Å²) in [6, 6.07) is 12.2. The van der Waals surface area contributed by atoms with Gasteiger partial charge in [0, 0.05) is 12.0 Å². The van der Waals surface area contributed by atoms with Crippen molar-refractivity contribution < 1.29 is 0 Å². The van der Waals surface area contributed by atoms with Gasteiger partial charge in [0.15, 0.2) is 0 Å². The summed E-state index contributed by atoms with van der Waals surface area (Å²) in [6.07, 6.45) is 8.53. The molecule has 0 aliphatic rings. The van der Waals surface area contributed by atoms with E-state index in [2.05, 4.69) is 41.1 Å². The lowest BCUT2D eigenvalue weighted by molar-refractivity contribution is 0.737. The minimum atomic E-state index is 0.959. The molecule has 0 bridgehead atoms. The third-order valence-electron chi connectivity index (χ3n) is 3.02. The van der Waals surface area contributed by atoms with Crippen LogP contribution in [0.1, 0.15) is 38.3 Å². The van der Waals surface area contributed by atoms with Crippen LogP contribution in [0.4, 0.5) is 0 Å². The van der Waals surface area contributed by atoms with Crippen LogP contribution >= 0.6 is 0 Å². The fraction of sp³-hybridized carbons (Fsp3) is 0.278. The van der Waals surface area contributed by atoms with Crippen molar-refractivity contribution in [3.8, 4) is 23.1 Å². The van der Waals surface area contributed by atoms with Crippen molar-refractivity contribution in [1.29, 1.82) is 0 Å². The maximum atomic E-state index is 4.30. The molecule has 2 nitrogen and oxygen atoms in total. The number of nitrogens with one attached hydrogen (secondary N) is 1. The van der Waals surface area contributed by atoms with Gasteiger partial charge in [0.1, 0.15) is 0 Å². The standard InChI is InChI=1S/C18H20N2/c1-2-3-4-5-6-7-11-14-17-15-18(20-19-17)16-12-9-8-10-13-16/h8-15H,2-5H2,1H3,(H,19,20)/b14-11-. The molecule has 2 heteroatoms. The molecule has 0 spiro atoms. The van der Waals surface area contributed by atoms with Crippen LogP contribution in [0.2, 0.25) is 0 Å². The van der Waals surface area contributed by atoms with Gasteiger partial charge in [0.05, 0.1) is 11.4 Å². The monoisotopic (exact) mass is 264 g/mol. The number of benzene rings is 1. The fourth-order valence-electron chi connectivity index (χ4n) is 1.90. The van der Waals surface area contributed by atoms with E-state index in [0.29, 0.717) is 0 Å². The van der Waals surface area contributed by atoms with Crippen LogP contribution in [0.25, 0.3) is 17.3 Å². The lowest BCUT2D eigenvalue weighted by Gasteiger charge is -1.92. The molecule has 102 valence electrons. The molecule has 0 saturated carbocycles. The Hall–Kier alpha value is -2.27. The molecule has 1 aromatic heterocycles. The lowest BCUT2D eigenvalue weighted by Crippen LogP contribution is -1.75. The van der Waals surface area contributed by atoms with Gasteiger partial charge in [-0.3, -0.25) is 5.10 Å². The number of nitrogens with zero attached hydrogens (tertiary/aromatic N) is 1. The lowest BCUT2D eigenvalue weighted by atomic mass is 10.1. The SMILES string of the molecule is CCCCCC#C/C=C\c1cc(-c2ccccc2)n[nH]1. The zero-order chi connectivity index (χ0) is 14.0. The Morgan fingerprint density at radius 3 is 2.85 bits per heavy atom. The van der Waals surface area contributed by atoms with Crippen LogP contribution in [0.5, 0.6) is 0 Å². The summed E-state index contributed by atoms with van der Waals surface area (Å²) in [5.74, 6) is 6.22. The van der Waals surface area contributed by atoms with Crippen molar-refractivity contribution in [2.24, 2.45) is 0 Å². The van der Waals surface area contributed by atoms with Gasteiger partial charge in [-0.25, -0.2) is 0 Å². The summed E-state index contributed by atoms with van der Waals surface area (Å²) in [6.45, 7) is 2.20. The molecular formula is C18H20N2. The van der Waals surface area contributed by atoms with Crippen LogP contribution in [0, 0.1) is 11.8 Å². The number of hydrogen-bond acceptors (Lipinski definition) is 1. The van der Waals surface area contributed by atoms with Gasteiger partial charge in [0.25, 0.3) is 0 Å². The highest BCUT2D eigenvalue weighted by molar-refractivity contribution is 5.62. The van der Waals surface area contributed by atoms with Crippen LogP contribution in [0.15, 0.2) is 42.5 Å². The van der Waals surface area contributed by atoms with E-state index in [1.807, 2.05) is 36.4 Å². The zero-order valence-electron chi connectivity index (χ0n) is 11.9. The number of aromatic nitrogens is 2. The van der Waals surface area contributed by atoms with Crippen LogP contribution in [-0.2, 0) is 0 Å². The summed E-state index contributed by atoms with van der Waals surface area (Å²) >= 11 is 0. The average Bonchev–Trinajstić information content (AvgIpc) is 2.96. The highest BCUT2D eigenvalue weighted by Gasteiger charge is 2.00. The molecular weight excluding hydrogens is 244 g/mol. The van der Waals surface area contributed by atoms with Crippen LogP contribution < -0.4 is 0 Å². The Morgan fingerprint density at radius 1 is 1.20 bits per heavy atom. The molecule has 1 N–H and O–H groups in total. The van der Waals surface area contributed by atoms with E-state index in [-0.39, 0.29) is 0 Å². The topological polar surface area (TPSA) is 28.7 Å². The molecule has 0 radical (unpaired) electrons. The summed E-state index contributed by atoms with van der Waals surface area (Å²) in [5.41, 5.74) is 3.06. The first-order valence-electron chi connectivity index (χ1n) is 7.16. The van der Waals surface area contributed by atoms with E-state index >= 15 is 0 Å². The Labute approximate surface area is 120 Å². The van der Waals surface area contributed by atoms with Crippen molar-refractivity contribution in [1.82, 2.24) is 10.2 Å². The van der Waals surface area contributed by atoms with Crippen molar-refractivity contribution in [2.75, 3.05) is 0 Å². The van der Waals surface area contributed by atoms with E-state index in [4.69, 9.17) is 0 Å². The van der Waals surface area contributed by atoms with E-state index in [0.717, 1.165) is 23.4 Å². The number of rotatable bonds is 5. The molecule has 0 amide bonds. The van der Waals surface area contributed by atoms with Crippen LogP contribution in [-0.4, -0.2) is 10.2 Å². The molecule has 0 unspecified atom stereocenters. The number of H-pyrrole nitrogens is 1. The van der Waals surface area contributed by atoms with E-state index < -0.39 is 0 Å². The first kappa shape index (κ1) is 14.1. The quantitative estimate of drug-likeness (QED) is 0.617. The molecule has 0 aliphatic heterocycles. The molecule has 0 fully saturated rings. The Morgan fingerprint density at radius 2 is 2.05 bits per heavy atom. The van der Waals surface area contributed by atoms with Crippen molar-refractivity contribution >= 4 is 6.08 Å². The number of allylic oxidation sites excluding steroid dienone is 1. The summed E-state index contributed by atoms with van der Waals surface area (Å²) < 4.78 is 0. The van der Waals surface area contributed by atoms with Gasteiger partial charge in [-0.1, -0.05) is 61.9 Å². The summed E-state index contributed by atoms with van der Waals surface area (Å²) in [4.78, 5) is 0. The predicted octanol–water partition coefficient (Wildman–Crippen LogP) is 4.67. The molecule has 2 rings (SSSR count). The minimum Gasteiger partial charge on any atom is -0.278 e. The van der Waals surface area contributed by atoms with Crippen LogP contribution in [0.3, 0.4) is 0 Å². The van der Waals surface area contributed by atoms with E-state index in [1.165, 1.54) is 19.3 Å². The second-order valence-corrected chi connectivity index (χ2v) is 4.69. The third-order valence-corrected chi connectivity index (χ3v) is 3.02. The normalized spacial score (nSPS) is 10.4. The van der Waals surface area contributed by atoms with Gasteiger partial charge in [0.2, 0.25) is 0 Å². The second kappa shape index (κ2) is 8.01. The first-order chi connectivity index (χ1) is 9.90. The maximum Gasteiger partial charge on any atom is 0.0926 e. The van der Waals surface area contributed by atoms with Gasteiger partial charge < -0.3 is 0 Å². The van der Waals surface area contributed by atoms with E-state index in [9.17, 15) is 0 Å². The first-order valence-corrected chi connectivity index (χ1v) is 7.16. The molecule has 0 aliphatic carbocycles. The molecule has 0 atom stereocenters. The average molecular weight is 264 g/mol. The molecule has 2 aromatic rings. The Balaban J connectivity index is 1.90. The van der Waals surface area contributed by atoms with Gasteiger partial charge in [-0.2, -0.15) is 5.10 Å². The molecule has 0 saturated heterocycles. The largest absolute Gasteiger partial charge is 0.278 e. The minimum absolute atomic E-state index is 0.959. The van der Waals surface area contributed by atoms with Gasteiger partial charge >= 0.3 is 0 Å². The maximum absolute atomic E-state index is 4.30. The summed E-state index contributed by atoms with van der Waals surface area (Å²) in [7, 11) is 0. The second-order valence-electron chi connectivity index (χ2n) is 4.69. The van der Waals surface area contributed by atoms with E-state index in [1.54, 1.807) is 0 Å².